The van der Waals surface area contributed by atoms with Gasteiger partial charge in [-0.3, -0.25) is 0 Å². The van der Waals surface area contributed by atoms with Crippen LogP contribution in [-0.2, 0) is 6.42 Å². The Kier molecular flexibility index (Phi) is 4.23. The highest BCUT2D eigenvalue weighted by Crippen LogP contribution is 2.21. The minimum Gasteiger partial charge on any atom is -0.478 e. The van der Waals surface area contributed by atoms with Gasteiger partial charge in [0.25, 0.3) is 0 Å². The van der Waals surface area contributed by atoms with E-state index in [1.165, 1.54) is 5.56 Å². The van der Waals surface area contributed by atoms with E-state index in [4.69, 9.17) is 5.11 Å². The van der Waals surface area contributed by atoms with Crippen LogP contribution in [0.3, 0.4) is 0 Å². The maximum Gasteiger partial charge on any atom is 0.335 e. The van der Waals surface area contributed by atoms with E-state index in [0.29, 0.717) is 5.56 Å². The first kappa shape index (κ1) is 12.2. The van der Waals surface area contributed by atoms with E-state index >= 15 is 0 Å². The average molecular weight is 264 g/mol. The number of aryl methyl sites for hydroxylation is 1. The van der Waals surface area contributed by atoms with Gasteiger partial charge in [-0.1, -0.05) is 6.07 Å². The molecule has 2 rings (SSSR count). The van der Waals surface area contributed by atoms with Crippen LogP contribution < -0.4 is 0 Å². The molecule has 0 amide bonds. The van der Waals surface area contributed by atoms with Crippen molar-refractivity contribution in [3.8, 4) is 0 Å². The van der Waals surface area contributed by atoms with E-state index in [0.717, 1.165) is 17.1 Å². The fourth-order valence-electron chi connectivity index (χ4n) is 1.44. The smallest absolute Gasteiger partial charge is 0.335 e. The van der Waals surface area contributed by atoms with E-state index in [1.807, 2.05) is 6.07 Å². The zero-order valence-corrected chi connectivity index (χ0v) is 10.8. The van der Waals surface area contributed by atoms with Crippen molar-refractivity contribution >= 4 is 29.1 Å². The molecule has 0 spiro atoms. The Balaban J connectivity index is 1.90. The van der Waals surface area contributed by atoms with Gasteiger partial charge in [0.05, 0.1) is 5.56 Å². The average Bonchev–Trinajstić information content (AvgIpc) is 2.82. The van der Waals surface area contributed by atoms with Crippen LogP contribution in [-0.4, -0.2) is 16.8 Å². The zero-order chi connectivity index (χ0) is 12.1. The van der Waals surface area contributed by atoms with Gasteiger partial charge < -0.3 is 5.11 Å². The summed E-state index contributed by atoms with van der Waals surface area (Å²) < 4.78 is 0. The highest BCUT2D eigenvalue weighted by molar-refractivity contribution is 7.99. The Morgan fingerprint density at radius 1 is 1.35 bits per heavy atom. The lowest BCUT2D eigenvalue weighted by molar-refractivity contribution is 0.0696. The van der Waals surface area contributed by atoms with Crippen molar-refractivity contribution in [2.45, 2.75) is 11.3 Å². The minimum atomic E-state index is -0.870. The number of thiophene rings is 1. The molecule has 1 aromatic heterocycles. The van der Waals surface area contributed by atoms with Crippen LogP contribution in [0.25, 0.3) is 0 Å². The SMILES string of the molecule is O=C(O)c1cccc(SCCc2ccsc2)c1. The molecule has 2 aromatic rings. The third-order valence-electron chi connectivity index (χ3n) is 2.32. The molecule has 4 heteroatoms. The highest BCUT2D eigenvalue weighted by atomic mass is 32.2. The predicted octanol–water partition coefficient (Wildman–Crippen LogP) is 3.78. The number of hydrogen-bond acceptors (Lipinski definition) is 3. The number of aromatic carboxylic acids is 1. The molecule has 0 aliphatic carbocycles. The number of rotatable bonds is 5. The third kappa shape index (κ3) is 3.61. The molecule has 88 valence electrons. The van der Waals surface area contributed by atoms with Gasteiger partial charge in [0.15, 0.2) is 0 Å². The fraction of sp³-hybridized carbons (Fsp3) is 0.154. The second-order valence-electron chi connectivity index (χ2n) is 3.56. The Hall–Kier alpha value is -1.26. The van der Waals surface area contributed by atoms with Gasteiger partial charge in [0, 0.05) is 10.6 Å². The van der Waals surface area contributed by atoms with Crippen LogP contribution in [0.5, 0.6) is 0 Å². The van der Waals surface area contributed by atoms with Crippen LogP contribution in [0.4, 0.5) is 0 Å². The van der Waals surface area contributed by atoms with Gasteiger partial charge in [0.1, 0.15) is 0 Å². The van der Waals surface area contributed by atoms with Gasteiger partial charge in [-0.2, -0.15) is 11.3 Å². The summed E-state index contributed by atoms with van der Waals surface area (Å²) in [5.41, 5.74) is 1.70. The van der Waals surface area contributed by atoms with E-state index in [1.54, 1.807) is 41.3 Å². The lowest BCUT2D eigenvalue weighted by Gasteiger charge is -2.02. The molecule has 1 N–H and O–H groups in total. The van der Waals surface area contributed by atoms with Crippen molar-refractivity contribution in [3.05, 3.63) is 52.2 Å². The lowest BCUT2D eigenvalue weighted by Crippen LogP contribution is -1.95. The summed E-state index contributed by atoms with van der Waals surface area (Å²) in [4.78, 5) is 11.8. The molecule has 0 atom stereocenters. The predicted molar refractivity (Wildman–Crippen MR) is 72.1 cm³/mol. The van der Waals surface area contributed by atoms with E-state index in [-0.39, 0.29) is 0 Å². The maximum absolute atomic E-state index is 10.8. The maximum atomic E-state index is 10.8. The van der Waals surface area contributed by atoms with Crippen LogP contribution in [0.15, 0.2) is 46.0 Å². The standard InChI is InChI=1S/C13H12O2S2/c14-13(15)11-2-1-3-12(8-11)17-7-5-10-4-6-16-9-10/h1-4,6,8-9H,5,7H2,(H,14,15). The summed E-state index contributed by atoms with van der Waals surface area (Å²) in [6.45, 7) is 0. The summed E-state index contributed by atoms with van der Waals surface area (Å²) >= 11 is 3.40. The number of carboxylic acids is 1. The number of hydrogen-bond donors (Lipinski definition) is 1. The molecule has 0 bridgehead atoms. The van der Waals surface area contributed by atoms with E-state index in [2.05, 4.69) is 16.8 Å². The highest BCUT2D eigenvalue weighted by Gasteiger charge is 2.03. The number of carboxylic acid groups (broad SMARTS) is 1. The second-order valence-corrected chi connectivity index (χ2v) is 5.51. The first-order valence-corrected chi connectivity index (χ1v) is 7.16. The van der Waals surface area contributed by atoms with Gasteiger partial charge >= 0.3 is 5.97 Å². The molecule has 0 radical (unpaired) electrons. The first-order chi connectivity index (χ1) is 8.25. The summed E-state index contributed by atoms with van der Waals surface area (Å²) in [6.07, 6.45) is 1.02. The van der Waals surface area contributed by atoms with Gasteiger partial charge in [-0.15, -0.1) is 11.8 Å². The quantitative estimate of drug-likeness (QED) is 0.835. The van der Waals surface area contributed by atoms with Gasteiger partial charge in [-0.05, 0) is 47.0 Å². The van der Waals surface area contributed by atoms with E-state index in [9.17, 15) is 4.79 Å². The fourth-order valence-corrected chi connectivity index (χ4v) is 3.10. The molecule has 0 aliphatic rings. The minimum absolute atomic E-state index is 0.352. The van der Waals surface area contributed by atoms with Crippen molar-refractivity contribution < 1.29 is 9.90 Å². The Morgan fingerprint density at radius 2 is 2.24 bits per heavy atom. The summed E-state index contributed by atoms with van der Waals surface area (Å²) in [5.74, 6) is 0.102. The Labute approximate surface area is 108 Å². The molecule has 0 saturated carbocycles. The van der Waals surface area contributed by atoms with Crippen molar-refractivity contribution in [3.63, 3.8) is 0 Å². The second kappa shape index (κ2) is 5.89. The summed E-state index contributed by atoms with van der Waals surface area (Å²) in [6, 6.07) is 9.20. The number of carbonyl (C=O) groups is 1. The largest absolute Gasteiger partial charge is 0.478 e. The molecule has 1 heterocycles. The van der Waals surface area contributed by atoms with E-state index < -0.39 is 5.97 Å². The monoisotopic (exact) mass is 264 g/mol. The molecule has 1 aromatic carbocycles. The van der Waals surface area contributed by atoms with Crippen molar-refractivity contribution in [2.24, 2.45) is 0 Å². The van der Waals surface area contributed by atoms with Crippen LogP contribution in [0, 0.1) is 0 Å². The molecular weight excluding hydrogens is 252 g/mol. The lowest BCUT2D eigenvalue weighted by atomic mass is 10.2. The van der Waals surface area contributed by atoms with Gasteiger partial charge in [-0.25, -0.2) is 4.79 Å². The molecule has 17 heavy (non-hydrogen) atoms. The van der Waals surface area contributed by atoms with Crippen LogP contribution in [0.1, 0.15) is 15.9 Å². The van der Waals surface area contributed by atoms with Crippen molar-refractivity contribution in [2.75, 3.05) is 5.75 Å². The molecule has 0 saturated heterocycles. The zero-order valence-electron chi connectivity index (χ0n) is 9.13. The third-order valence-corrected chi connectivity index (χ3v) is 4.05. The van der Waals surface area contributed by atoms with Gasteiger partial charge in [0.2, 0.25) is 0 Å². The Morgan fingerprint density at radius 3 is 2.94 bits per heavy atom. The van der Waals surface area contributed by atoms with Crippen LogP contribution in [0.2, 0.25) is 0 Å². The topological polar surface area (TPSA) is 37.3 Å². The molecule has 0 unspecified atom stereocenters. The number of benzene rings is 1. The molecular formula is C13H12O2S2. The normalized spacial score (nSPS) is 10.4. The Bertz CT molecular complexity index is 492. The van der Waals surface area contributed by atoms with Crippen molar-refractivity contribution in [1.29, 1.82) is 0 Å². The molecule has 0 fully saturated rings. The first-order valence-electron chi connectivity index (χ1n) is 5.23. The molecule has 0 aliphatic heterocycles. The molecule has 2 nitrogen and oxygen atoms in total. The van der Waals surface area contributed by atoms with Crippen molar-refractivity contribution in [1.82, 2.24) is 0 Å². The number of thioether (sulfide) groups is 1. The summed E-state index contributed by atoms with van der Waals surface area (Å²) in [7, 11) is 0. The summed E-state index contributed by atoms with van der Waals surface area (Å²) in [5, 5.41) is 13.1. The van der Waals surface area contributed by atoms with Crippen LogP contribution >= 0.6 is 23.1 Å².